The second-order valence-electron chi connectivity index (χ2n) is 15.4. The lowest BCUT2D eigenvalue weighted by molar-refractivity contribution is 0.0125. The molecule has 1 aliphatic rings. The smallest absolute Gasteiger partial charge is 0.342 e. The Morgan fingerprint density at radius 2 is 0.794 bits per heavy atom. The Morgan fingerprint density at radius 3 is 1.19 bits per heavy atom. The minimum absolute atomic E-state index is 0.0126. The molecule has 0 fully saturated rings. The van der Waals surface area contributed by atoms with Crippen molar-refractivity contribution in [3.63, 3.8) is 0 Å². The van der Waals surface area contributed by atoms with Crippen LogP contribution < -0.4 is 9.47 Å². The molecule has 2 atom stereocenters. The maximum Gasteiger partial charge on any atom is 0.342 e. The van der Waals surface area contributed by atoms with E-state index < -0.39 is 29.6 Å². The number of fused-ring (bicyclic) bond motifs is 5. The van der Waals surface area contributed by atoms with Gasteiger partial charge in [-0.15, -0.1) is 0 Å². The number of rotatable bonds is 14. The van der Waals surface area contributed by atoms with Crippen molar-refractivity contribution in [1.82, 2.24) is 0 Å². The van der Waals surface area contributed by atoms with Gasteiger partial charge in [0.15, 0.2) is 0 Å². The van der Waals surface area contributed by atoms with E-state index in [4.69, 9.17) is 18.9 Å². The Bertz CT molecular complexity index is 2760. The predicted octanol–water partition coefficient (Wildman–Crippen LogP) is 8.96. The molecule has 0 saturated carbocycles. The zero-order valence-corrected chi connectivity index (χ0v) is 33.9. The number of aromatic hydroxyl groups is 2. The summed E-state index contributed by atoms with van der Waals surface area (Å²) in [6.45, 7) is -0.938. The van der Waals surface area contributed by atoms with E-state index in [0.717, 1.165) is 54.9 Å². The van der Waals surface area contributed by atoms with Gasteiger partial charge < -0.3 is 39.4 Å². The Hall–Kier alpha value is -7.66. The van der Waals surface area contributed by atoms with Crippen molar-refractivity contribution in [2.75, 3.05) is 26.4 Å². The van der Waals surface area contributed by atoms with Gasteiger partial charge in [0.05, 0.1) is 5.41 Å². The van der Waals surface area contributed by atoms with Crippen molar-refractivity contribution in [2.24, 2.45) is 0 Å². The molecule has 0 radical (unpaired) electrons. The minimum Gasteiger partial charge on any atom is -0.507 e. The number of hydrogen-bond donors (Lipinski definition) is 4. The highest BCUT2D eigenvalue weighted by molar-refractivity contribution is 5.99. The lowest BCUT2D eigenvalue weighted by Crippen LogP contribution is -2.28. The Kier molecular flexibility index (Phi) is 11.2. The fourth-order valence-electron chi connectivity index (χ4n) is 8.39. The van der Waals surface area contributed by atoms with Crippen LogP contribution in [-0.4, -0.2) is 71.0 Å². The number of aliphatic hydroxyl groups is 2. The summed E-state index contributed by atoms with van der Waals surface area (Å²) in [5.74, 6) is -0.888. The van der Waals surface area contributed by atoms with Crippen LogP contribution in [0.3, 0.4) is 0 Å². The summed E-state index contributed by atoms with van der Waals surface area (Å²) < 4.78 is 22.6. The molecule has 0 heterocycles. The first-order valence-electron chi connectivity index (χ1n) is 20.5. The molecule has 2 unspecified atom stereocenters. The van der Waals surface area contributed by atoms with E-state index >= 15 is 0 Å². The van der Waals surface area contributed by atoms with Crippen molar-refractivity contribution >= 4 is 33.5 Å². The van der Waals surface area contributed by atoms with Crippen LogP contribution in [0.1, 0.15) is 43.0 Å². The summed E-state index contributed by atoms with van der Waals surface area (Å²) in [4.78, 5) is 25.6. The summed E-state index contributed by atoms with van der Waals surface area (Å²) in [6, 6.07) is 52.8. The molecule has 8 aromatic carbocycles. The minimum atomic E-state index is -1.13. The van der Waals surface area contributed by atoms with Crippen molar-refractivity contribution in [1.29, 1.82) is 0 Å². The van der Waals surface area contributed by atoms with Crippen LogP contribution in [0.5, 0.6) is 23.0 Å². The van der Waals surface area contributed by atoms with E-state index in [1.54, 1.807) is 12.1 Å². The van der Waals surface area contributed by atoms with Gasteiger partial charge in [0.1, 0.15) is 72.8 Å². The van der Waals surface area contributed by atoms with Crippen molar-refractivity contribution < 1.29 is 49.0 Å². The van der Waals surface area contributed by atoms with Gasteiger partial charge in [-0.05, 0) is 103 Å². The molecule has 0 aromatic heterocycles. The normalized spacial score (nSPS) is 13.4. The number of ether oxygens (including phenoxy) is 4. The summed E-state index contributed by atoms with van der Waals surface area (Å²) in [6.07, 6.45) is -2.25. The van der Waals surface area contributed by atoms with Gasteiger partial charge in [-0.3, -0.25) is 0 Å². The van der Waals surface area contributed by atoms with Crippen LogP contribution in [0.15, 0.2) is 170 Å². The molecule has 0 spiro atoms. The third kappa shape index (κ3) is 8.01. The highest BCUT2D eigenvalue weighted by atomic mass is 16.6. The van der Waals surface area contributed by atoms with Crippen LogP contribution in [0.4, 0.5) is 0 Å². The van der Waals surface area contributed by atoms with Gasteiger partial charge >= 0.3 is 11.9 Å². The molecule has 314 valence electrons. The van der Waals surface area contributed by atoms with Gasteiger partial charge in [0.25, 0.3) is 0 Å². The molecule has 0 bridgehead atoms. The second-order valence-corrected chi connectivity index (χ2v) is 15.4. The van der Waals surface area contributed by atoms with Crippen LogP contribution in [0.25, 0.3) is 32.7 Å². The van der Waals surface area contributed by atoms with Crippen molar-refractivity contribution in [3.05, 3.63) is 203 Å². The van der Waals surface area contributed by atoms with E-state index in [1.807, 2.05) is 121 Å². The standard InChI is InChI=1S/C53H42O10/c54-39(31-62-51(58)45-25-33-9-1-3-11-35(33)27-49(45)56)29-60-41-21-17-37(18-22-41)53(47-15-7-5-13-43(47)44-14-6-8-16-48(44)53)38-19-23-42(24-20-38)61-30-40(55)32-63-52(59)46-26-34-10-2-4-12-36(34)28-50(46)57/h1-28,39-40,54-57H,29-32H2. The van der Waals surface area contributed by atoms with Gasteiger partial charge in [0.2, 0.25) is 0 Å². The third-order valence-electron chi connectivity index (χ3n) is 11.4. The molecular formula is C53H42O10. The van der Waals surface area contributed by atoms with Crippen LogP contribution in [0, 0.1) is 0 Å². The molecule has 9 rings (SSSR count). The molecule has 0 aliphatic heterocycles. The molecule has 4 N–H and O–H groups in total. The van der Waals surface area contributed by atoms with E-state index in [-0.39, 0.29) is 49.1 Å². The molecule has 1 aliphatic carbocycles. The monoisotopic (exact) mass is 838 g/mol. The van der Waals surface area contributed by atoms with E-state index in [1.165, 1.54) is 12.1 Å². The van der Waals surface area contributed by atoms with E-state index in [0.29, 0.717) is 11.5 Å². The highest BCUT2D eigenvalue weighted by Crippen LogP contribution is 2.56. The summed E-state index contributed by atoms with van der Waals surface area (Å²) in [7, 11) is 0. The zero-order valence-electron chi connectivity index (χ0n) is 33.9. The van der Waals surface area contributed by atoms with Gasteiger partial charge in [0, 0.05) is 0 Å². The lowest BCUT2D eigenvalue weighted by atomic mass is 9.68. The summed E-state index contributed by atoms with van der Waals surface area (Å²) >= 11 is 0. The predicted molar refractivity (Wildman–Crippen MR) is 239 cm³/mol. The van der Waals surface area contributed by atoms with Crippen LogP contribution in [0.2, 0.25) is 0 Å². The first-order chi connectivity index (χ1) is 30.7. The van der Waals surface area contributed by atoms with Crippen molar-refractivity contribution in [3.8, 4) is 34.1 Å². The number of phenols is 2. The summed E-state index contributed by atoms with van der Waals surface area (Å²) in [5.41, 5.74) is 5.65. The van der Waals surface area contributed by atoms with Gasteiger partial charge in [-0.1, -0.05) is 121 Å². The third-order valence-corrected chi connectivity index (χ3v) is 11.4. The fraction of sp³-hybridized carbons (Fsp3) is 0.132. The maximum absolute atomic E-state index is 12.8. The average molecular weight is 839 g/mol. The fourth-order valence-corrected chi connectivity index (χ4v) is 8.39. The molecule has 0 amide bonds. The molecule has 8 aromatic rings. The Morgan fingerprint density at radius 1 is 0.444 bits per heavy atom. The van der Waals surface area contributed by atoms with E-state index in [9.17, 15) is 30.0 Å². The number of phenolic OH excluding ortho intramolecular Hbond substituents is 2. The van der Waals surface area contributed by atoms with Crippen molar-refractivity contribution in [2.45, 2.75) is 17.6 Å². The topological polar surface area (TPSA) is 152 Å². The largest absolute Gasteiger partial charge is 0.507 e. The quantitative estimate of drug-likeness (QED) is 0.0782. The maximum atomic E-state index is 12.8. The SMILES string of the molecule is O=C(OCC(O)COc1ccc(C2(c3ccc(OCC(O)COC(=O)c4cc5ccccc5cc4O)cc3)c3ccccc3-c3ccccc32)cc1)c1cc2ccccc2cc1O. The zero-order chi connectivity index (χ0) is 43.5. The number of esters is 2. The number of aliphatic hydroxyl groups excluding tert-OH is 2. The number of hydrogen-bond acceptors (Lipinski definition) is 10. The van der Waals surface area contributed by atoms with E-state index in [2.05, 4.69) is 24.3 Å². The molecule has 10 heteroatoms. The molecule has 10 nitrogen and oxygen atoms in total. The van der Waals surface area contributed by atoms with Gasteiger partial charge in [-0.25, -0.2) is 9.59 Å². The number of benzene rings is 8. The first-order valence-corrected chi connectivity index (χ1v) is 20.5. The number of carbonyl (C=O) groups is 2. The number of carbonyl (C=O) groups excluding carboxylic acids is 2. The molecular weight excluding hydrogens is 797 g/mol. The average Bonchev–Trinajstić information content (AvgIpc) is 3.62. The van der Waals surface area contributed by atoms with Gasteiger partial charge in [-0.2, -0.15) is 0 Å². The Labute approximate surface area is 362 Å². The molecule has 63 heavy (non-hydrogen) atoms. The lowest BCUT2D eigenvalue weighted by Gasteiger charge is -2.34. The van der Waals surface area contributed by atoms with Crippen LogP contribution >= 0.6 is 0 Å². The Balaban J connectivity index is 0.879. The highest BCUT2D eigenvalue weighted by Gasteiger charge is 2.46. The summed E-state index contributed by atoms with van der Waals surface area (Å²) in [5, 5.41) is 45.3. The second kappa shape index (κ2) is 17.4. The van der Waals surface area contributed by atoms with Crippen LogP contribution in [-0.2, 0) is 14.9 Å². The first kappa shape index (κ1) is 40.7. The molecule has 0 saturated heterocycles.